The number of aliphatic hydroxyl groups is 1. The van der Waals surface area contributed by atoms with Crippen LogP contribution in [0.4, 0.5) is 0 Å². The predicted octanol–water partition coefficient (Wildman–Crippen LogP) is 4.27. The second-order valence-corrected chi connectivity index (χ2v) is 6.53. The zero-order valence-electron chi connectivity index (χ0n) is 8.45. The Labute approximate surface area is 106 Å². The van der Waals surface area contributed by atoms with Crippen molar-refractivity contribution in [1.82, 2.24) is 0 Å². The SMILES string of the molecule is Cc1cc(C)c(C(O)c2sccc2Br)s1. The highest BCUT2D eigenvalue weighted by molar-refractivity contribution is 9.10. The number of thiophene rings is 2. The molecule has 0 saturated carbocycles. The molecule has 1 N–H and O–H groups in total. The minimum atomic E-state index is -0.488. The highest BCUT2D eigenvalue weighted by Crippen LogP contribution is 2.37. The van der Waals surface area contributed by atoms with Crippen molar-refractivity contribution in [3.8, 4) is 0 Å². The summed E-state index contributed by atoms with van der Waals surface area (Å²) in [5, 5.41) is 12.2. The molecule has 1 atom stereocenters. The van der Waals surface area contributed by atoms with Gasteiger partial charge in [0.05, 0.1) is 4.88 Å². The summed E-state index contributed by atoms with van der Waals surface area (Å²) in [6.45, 7) is 4.11. The van der Waals surface area contributed by atoms with Crippen LogP contribution in [0.3, 0.4) is 0 Å². The van der Waals surface area contributed by atoms with Crippen LogP contribution < -0.4 is 0 Å². The van der Waals surface area contributed by atoms with Crippen LogP contribution in [0.25, 0.3) is 0 Å². The van der Waals surface area contributed by atoms with E-state index in [2.05, 4.69) is 28.9 Å². The summed E-state index contributed by atoms with van der Waals surface area (Å²) in [5.41, 5.74) is 1.17. The van der Waals surface area contributed by atoms with Gasteiger partial charge < -0.3 is 5.11 Å². The van der Waals surface area contributed by atoms with E-state index in [9.17, 15) is 5.11 Å². The lowest BCUT2D eigenvalue weighted by atomic mass is 10.2. The van der Waals surface area contributed by atoms with Crippen LogP contribution in [0.15, 0.2) is 22.0 Å². The molecular formula is C11H11BrOS2. The van der Waals surface area contributed by atoms with Gasteiger partial charge in [0.1, 0.15) is 6.10 Å². The average molecular weight is 303 g/mol. The molecule has 2 aromatic heterocycles. The number of halogens is 1. The number of aryl methyl sites for hydroxylation is 2. The Hall–Kier alpha value is -0.160. The molecule has 2 heterocycles. The maximum atomic E-state index is 10.2. The lowest BCUT2D eigenvalue weighted by molar-refractivity contribution is 0.226. The molecule has 0 aliphatic rings. The molecule has 0 saturated heterocycles. The van der Waals surface area contributed by atoms with Gasteiger partial charge in [-0.15, -0.1) is 22.7 Å². The standard InChI is InChI=1S/C11H11BrOS2/c1-6-5-7(2)15-10(6)9(13)11-8(12)3-4-14-11/h3-5,9,13H,1-2H3. The topological polar surface area (TPSA) is 20.2 Å². The fourth-order valence-electron chi connectivity index (χ4n) is 1.55. The lowest BCUT2D eigenvalue weighted by Gasteiger charge is -2.08. The predicted molar refractivity (Wildman–Crippen MR) is 69.9 cm³/mol. The molecule has 0 aliphatic heterocycles. The van der Waals surface area contributed by atoms with E-state index in [-0.39, 0.29) is 0 Å². The van der Waals surface area contributed by atoms with Crippen molar-refractivity contribution in [2.24, 2.45) is 0 Å². The van der Waals surface area contributed by atoms with Crippen LogP contribution >= 0.6 is 38.6 Å². The number of hydrogen-bond acceptors (Lipinski definition) is 3. The molecule has 80 valence electrons. The first-order valence-corrected chi connectivity index (χ1v) is 7.06. The summed E-state index contributed by atoms with van der Waals surface area (Å²) in [6.07, 6.45) is -0.488. The van der Waals surface area contributed by atoms with Gasteiger partial charge in [-0.05, 0) is 52.9 Å². The van der Waals surface area contributed by atoms with Gasteiger partial charge in [0.2, 0.25) is 0 Å². The second-order valence-electron chi connectivity index (χ2n) is 3.44. The molecule has 0 radical (unpaired) electrons. The molecule has 0 fully saturated rings. The van der Waals surface area contributed by atoms with E-state index in [1.807, 2.05) is 18.4 Å². The van der Waals surface area contributed by atoms with Gasteiger partial charge >= 0.3 is 0 Å². The first kappa shape index (κ1) is 11.3. The number of hydrogen-bond donors (Lipinski definition) is 1. The van der Waals surface area contributed by atoms with Crippen LogP contribution in [0.1, 0.15) is 26.3 Å². The van der Waals surface area contributed by atoms with E-state index in [0.717, 1.165) is 14.2 Å². The second kappa shape index (κ2) is 4.37. The fourth-order valence-corrected chi connectivity index (χ4v) is 4.24. The van der Waals surface area contributed by atoms with Crippen LogP contribution in [-0.4, -0.2) is 5.11 Å². The fraction of sp³-hybridized carbons (Fsp3) is 0.273. The van der Waals surface area contributed by atoms with Gasteiger partial charge in [-0.1, -0.05) is 0 Å². The quantitative estimate of drug-likeness (QED) is 0.878. The summed E-state index contributed by atoms with van der Waals surface area (Å²) in [4.78, 5) is 3.28. The van der Waals surface area contributed by atoms with Crippen molar-refractivity contribution in [1.29, 1.82) is 0 Å². The highest BCUT2D eigenvalue weighted by atomic mass is 79.9. The van der Waals surface area contributed by atoms with Gasteiger partial charge in [-0.3, -0.25) is 0 Å². The Morgan fingerprint density at radius 3 is 2.53 bits per heavy atom. The summed E-state index contributed by atoms with van der Waals surface area (Å²) in [5.74, 6) is 0. The molecule has 0 aromatic carbocycles. The van der Waals surface area contributed by atoms with Crippen LogP contribution in [-0.2, 0) is 0 Å². The van der Waals surface area contributed by atoms with Crippen LogP contribution in [0.2, 0.25) is 0 Å². The van der Waals surface area contributed by atoms with Crippen molar-refractivity contribution in [3.63, 3.8) is 0 Å². The maximum Gasteiger partial charge on any atom is 0.124 e. The Morgan fingerprint density at radius 2 is 2.07 bits per heavy atom. The van der Waals surface area contributed by atoms with Crippen LogP contribution in [0, 0.1) is 13.8 Å². The van der Waals surface area contributed by atoms with Crippen molar-refractivity contribution >= 4 is 38.6 Å². The molecule has 1 nitrogen and oxygen atoms in total. The Morgan fingerprint density at radius 1 is 1.33 bits per heavy atom. The van der Waals surface area contributed by atoms with Gasteiger partial charge in [-0.2, -0.15) is 0 Å². The van der Waals surface area contributed by atoms with Crippen molar-refractivity contribution < 1.29 is 5.11 Å². The zero-order valence-corrected chi connectivity index (χ0v) is 11.7. The van der Waals surface area contributed by atoms with E-state index in [0.29, 0.717) is 0 Å². The van der Waals surface area contributed by atoms with Gasteiger partial charge in [0, 0.05) is 14.2 Å². The largest absolute Gasteiger partial charge is 0.382 e. The zero-order chi connectivity index (χ0) is 11.0. The van der Waals surface area contributed by atoms with Gasteiger partial charge in [0.15, 0.2) is 0 Å². The van der Waals surface area contributed by atoms with Crippen LogP contribution in [0.5, 0.6) is 0 Å². The minimum absolute atomic E-state index is 0.488. The molecule has 4 heteroatoms. The van der Waals surface area contributed by atoms with Crippen molar-refractivity contribution in [3.05, 3.63) is 42.2 Å². The van der Waals surface area contributed by atoms with E-state index < -0.39 is 6.10 Å². The third-order valence-corrected chi connectivity index (χ3v) is 5.35. The molecule has 0 spiro atoms. The number of rotatable bonds is 2. The Balaban J connectivity index is 2.40. The normalized spacial score (nSPS) is 13.1. The summed E-state index contributed by atoms with van der Waals surface area (Å²) < 4.78 is 0.991. The first-order chi connectivity index (χ1) is 7.09. The average Bonchev–Trinajstić information content (AvgIpc) is 2.71. The first-order valence-electron chi connectivity index (χ1n) is 4.57. The molecule has 2 rings (SSSR count). The maximum absolute atomic E-state index is 10.2. The van der Waals surface area contributed by atoms with E-state index in [1.54, 1.807) is 22.7 Å². The van der Waals surface area contributed by atoms with E-state index in [1.165, 1.54) is 10.4 Å². The van der Waals surface area contributed by atoms with E-state index >= 15 is 0 Å². The minimum Gasteiger partial charge on any atom is -0.382 e. The molecule has 0 amide bonds. The number of aliphatic hydroxyl groups excluding tert-OH is 1. The molecule has 0 bridgehead atoms. The summed E-state index contributed by atoms with van der Waals surface area (Å²) in [7, 11) is 0. The van der Waals surface area contributed by atoms with Crippen molar-refractivity contribution in [2.75, 3.05) is 0 Å². The molecule has 0 aliphatic carbocycles. The smallest absolute Gasteiger partial charge is 0.124 e. The molecule has 2 aromatic rings. The third-order valence-electron chi connectivity index (χ3n) is 2.22. The highest BCUT2D eigenvalue weighted by Gasteiger charge is 2.18. The lowest BCUT2D eigenvalue weighted by Crippen LogP contribution is -1.96. The Kier molecular flexibility index (Phi) is 3.30. The molecule has 1 unspecified atom stereocenters. The van der Waals surface area contributed by atoms with Crippen molar-refractivity contribution in [2.45, 2.75) is 20.0 Å². The molecule has 15 heavy (non-hydrogen) atoms. The summed E-state index contributed by atoms with van der Waals surface area (Å²) >= 11 is 6.70. The summed E-state index contributed by atoms with van der Waals surface area (Å²) in [6, 6.07) is 4.09. The molecular weight excluding hydrogens is 292 g/mol. The monoisotopic (exact) mass is 302 g/mol. The third kappa shape index (κ3) is 2.18. The van der Waals surface area contributed by atoms with Gasteiger partial charge in [-0.25, -0.2) is 0 Å². The Bertz CT molecular complexity index is 473. The van der Waals surface area contributed by atoms with E-state index in [4.69, 9.17) is 0 Å². The van der Waals surface area contributed by atoms with Gasteiger partial charge in [0.25, 0.3) is 0 Å².